The van der Waals surface area contributed by atoms with Crippen molar-refractivity contribution in [1.82, 2.24) is 9.03 Å². The highest BCUT2D eigenvalue weighted by molar-refractivity contribution is 7.87. The highest BCUT2D eigenvalue weighted by Gasteiger charge is 2.33. The molecule has 0 amide bonds. The summed E-state index contributed by atoms with van der Waals surface area (Å²) in [7, 11) is -3.63. The van der Waals surface area contributed by atoms with Gasteiger partial charge in [0.25, 0.3) is 10.2 Å². The standard InChI is InChI=1S/C13H26N2O5S/c1-4-20-13(17)11-5-7-15(8-6-11)21(18,19)14-12(9-16)10(2)3/h10-12,14,16H,4-9H2,1-3H3/t12-/m1/s1. The first-order valence-corrected chi connectivity index (χ1v) is 8.80. The number of hydrogen-bond donors (Lipinski definition) is 2. The molecule has 8 heteroatoms. The van der Waals surface area contributed by atoms with Gasteiger partial charge in [-0.15, -0.1) is 0 Å². The van der Waals surface area contributed by atoms with E-state index in [0.29, 0.717) is 19.4 Å². The van der Waals surface area contributed by atoms with Crippen LogP contribution < -0.4 is 4.72 Å². The van der Waals surface area contributed by atoms with Crippen LogP contribution in [0.5, 0.6) is 0 Å². The maximum Gasteiger partial charge on any atom is 0.309 e. The fourth-order valence-electron chi connectivity index (χ4n) is 2.24. The number of piperidine rings is 1. The van der Waals surface area contributed by atoms with E-state index >= 15 is 0 Å². The molecule has 0 aromatic heterocycles. The molecule has 1 aliphatic heterocycles. The van der Waals surface area contributed by atoms with E-state index in [1.807, 2.05) is 13.8 Å². The van der Waals surface area contributed by atoms with Gasteiger partial charge in [0.15, 0.2) is 0 Å². The van der Waals surface area contributed by atoms with Crippen LogP contribution in [-0.4, -0.2) is 56.1 Å². The minimum Gasteiger partial charge on any atom is -0.466 e. The molecule has 0 bridgehead atoms. The molecule has 0 aromatic carbocycles. The lowest BCUT2D eigenvalue weighted by Crippen LogP contribution is -2.51. The number of aliphatic hydroxyl groups excluding tert-OH is 1. The van der Waals surface area contributed by atoms with Gasteiger partial charge >= 0.3 is 5.97 Å². The van der Waals surface area contributed by atoms with E-state index in [1.165, 1.54) is 4.31 Å². The number of carbonyl (C=O) groups is 1. The van der Waals surface area contributed by atoms with Gasteiger partial charge in [-0.2, -0.15) is 17.4 Å². The van der Waals surface area contributed by atoms with Gasteiger partial charge in [0.1, 0.15) is 0 Å². The Balaban J connectivity index is 2.58. The zero-order valence-corrected chi connectivity index (χ0v) is 13.7. The maximum absolute atomic E-state index is 12.2. The predicted molar refractivity (Wildman–Crippen MR) is 78.7 cm³/mol. The van der Waals surface area contributed by atoms with Crippen LogP contribution in [0, 0.1) is 11.8 Å². The molecular weight excluding hydrogens is 296 g/mol. The van der Waals surface area contributed by atoms with Crippen molar-refractivity contribution in [3.63, 3.8) is 0 Å². The molecule has 0 unspecified atom stereocenters. The van der Waals surface area contributed by atoms with Crippen LogP contribution in [0.15, 0.2) is 0 Å². The Kier molecular flexibility index (Phi) is 7.05. The summed E-state index contributed by atoms with van der Waals surface area (Å²) in [5.74, 6) is -0.477. The van der Waals surface area contributed by atoms with Crippen molar-refractivity contribution in [3.05, 3.63) is 0 Å². The summed E-state index contributed by atoms with van der Waals surface area (Å²) in [6.07, 6.45) is 0.927. The number of ether oxygens (including phenoxy) is 1. The van der Waals surface area contributed by atoms with Gasteiger partial charge in [0.2, 0.25) is 0 Å². The molecule has 1 saturated heterocycles. The second kappa shape index (κ2) is 8.07. The van der Waals surface area contributed by atoms with Gasteiger partial charge in [-0.1, -0.05) is 13.8 Å². The number of hydrogen-bond acceptors (Lipinski definition) is 5. The zero-order valence-electron chi connectivity index (χ0n) is 12.9. The van der Waals surface area contributed by atoms with Gasteiger partial charge in [-0.25, -0.2) is 0 Å². The summed E-state index contributed by atoms with van der Waals surface area (Å²) in [5.41, 5.74) is 0. The number of aliphatic hydroxyl groups is 1. The van der Waals surface area contributed by atoms with Crippen LogP contribution >= 0.6 is 0 Å². The molecular formula is C13H26N2O5S. The van der Waals surface area contributed by atoms with E-state index < -0.39 is 16.3 Å². The largest absolute Gasteiger partial charge is 0.466 e. The molecule has 1 heterocycles. The molecule has 0 saturated carbocycles. The SMILES string of the molecule is CCOC(=O)C1CCN(S(=O)(=O)N[C@H](CO)C(C)C)CC1. The third-order valence-corrected chi connectivity index (χ3v) is 5.36. The monoisotopic (exact) mass is 322 g/mol. The van der Waals surface area contributed by atoms with Crippen LogP contribution in [0.4, 0.5) is 0 Å². The van der Waals surface area contributed by atoms with Crippen molar-refractivity contribution >= 4 is 16.2 Å². The molecule has 0 radical (unpaired) electrons. The zero-order chi connectivity index (χ0) is 16.0. The van der Waals surface area contributed by atoms with E-state index in [9.17, 15) is 18.3 Å². The third-order valence-electron chi connectivity index (χ3n) is 3.72. The number of nitrogens with zero attached hydrogens (tertiary/aromatic N) is 1. The fraction of sp³-hybridized carbons (Fsp3) is 0.923. The van der Waals surface area contributed by atoms with Crippen molar-refractivity contribution in [2.75, 3.05) is 26.3 Å². The first kappa shape index (κ1) is 18.3. The topological polar surface area (TPSA) is 95.9 Å². The molecule has 1 rings (SSSR count). The van der Waals surface area contributed by atoms with Crippen LogP contribution in [-0.2, 0) is 19.7 Å². The molecule has 1 aliphatic rings. The van der Waals surface area contributed by atoms with Crippen molar-refractivity contribution < 1.29 is 23.1 Å². The Hall–Kier alpha value is -0.700. The minimum absolute atomic E-state index is 0.00171. The van der Waals surface area contributed by atoms with Crippen molar-refractivity contribution in [3.8, 4) is 0 Å². The molecule has 21 heavy (non-hydrogen) atoms. The molecule has 0 aromatic rings. The van der Waals surface area contributed by atoms with Gasteiger partial charge in [0, 0.05) is 19.1 Å². The molecule has 0 spiro atoms. The average molecular weight is 322 g/mol. The minimum atomic E-state index is -3.63. The Morgan fingerprint density at radius 3 is 2.38 bits per heavy atom. The van der Waals surface area contributed by atoms with Crippen molar-refractivity contribution in [2.24, 2.45) is 11.8 Å². The van der Waals surface area contributed by atoms with Gasteiger partial charge in [0.05, 0.1) is 19.1 Å². The van der Waals surface area contributed by atoms with E-state index in [-0.39, 0.29) is 37.5 Å². The van der Waals surface area contributed by atoms with E-state index in [0.717, 1.165) is 0 Å². The van der Waals surface area contributed by atoms with Crippen LogP contribution in [0.25, 0.3) is 0 Å². The Morgan fingerprint density at radius 1 is 1.38 bits per heavy atom. The molecule has 2 N–H and O–H groups in total. The first-order chi connectivity index (χ1) is 9.81. The summed E-state index contributed by atoms with van der Waals surface area (Å²) in [6.45, 7) is 6.11. The molecule has 7 nitrogen and oxygen atoms in total. The predicted octanol–water partition coefficient (Wildman–Crippen LogP) is 0.113. The number of nitrogens with one attached hydrogen (secondary N) is 1. The first-order valence-electron chi connectivity index (χ1n) is 7.36. The van der Waals surface area contributed by atoms with Crippen molar-refractivity contribution in [1.29, 1.82) is 0 Å². The lowest BCUT2D eigenvalue weighted by molar-refractivity contribution is -0.149. The van der Waals surface area contributed by atoms with E-state index in [1.54, 1.807) is 6.92 Å². The quantitative estimate of drug-likeness (QED) is 0.649. The highest BCUT2D eigenvalue weighted by atomic mass is 32.2. The fourth-order valence-corrected chi connectivity index (χ4v) is 3.81. The maximum atomic E-state index is 12.2. The number of carbonyl (C=O) groups excluding carboxylic acids is 1. The molecule has 1 atom stereocenters. The summed E-state index contributed by atoms with van der Waals surface area (Å²) in [5, 5.41) is 9.23. The van der Waals surface area contributed by atoms with E-state index in [2.05, 4.69) is 4.72 Å². The molecule has 0 aliphatic carbocycles. The van der Waals surface area contributed by atoms with Crippen LogP contribution in [0.1, 0.15) is 33.6 Å². The Labute approximate surface area is 126 Å². The second-order valence-electron chi connectivity index (χ2n) is 5.58. The van der Waals surface area contributed by atoms with Gasteiger partial charge in [-0.05, 0) is 25.7 Å². The Bertz CT molecular complexity index is 430. The number of esters is 1. The lowest BCUT2D eigenvalue weighted by atomic mass is 9.98. The number of rotatable bonds is 7. The van der Waals surface area contributed by atoms with Crippen molar-refractivity contribution in [2.45, 2.75) is 39.7 Å². The highest BCUT2D eigenvalue weighted by Crippen LogP contribution is 2.20. The molecule has 1 fully saturated rings. The summed E-state index contributed by atoms with van der Waals surface area (Å²) in [6, 6.07) is -0.502. The summed E-state index contributed by atoms with van der Waals surface area (Å²) >= 11 is 0. The third kappa shape index (κ3) is 5.21. The lowest BCUT2D eigenvalue weighted by Gasteiger charge is -2.32. The normalized spacial score (nSPS) is 19.7. The average Bonchev–Trinajstić information content (AvgIpc) is 2.45. The Morgan fingerprint density at radius 2 is 1.95 bits per heavy atom. The van der Waals surface area contributed by atoms with Crippen LogP contribution in [0.3, 0.4) is 0 Å². The molecule has 124 valence electrons. The second-order valence-corrected chi connectivity index (χ2v) is 7.28. The summed E-state index contributed by atoms with van der Waals surface area (Å²) in [4.78, 5) is 11.6. The van der Waals surface area contributed by atoms with Crippen LogP contribution in [0.2, 0.25) is 0 Å². The van der Waals surface area contributed by atoms with E-state index in [4.69, 9.17) is 4.74 Å². The summed E-state index contributed by atoms with van der Waals surface area (Å²) < 4.78 is 33.3. The van der Waals surface area contributed by atoms with Gasteiger partial charge in [-0.3, -0.25) is 4.79 Å². The van der Waals surface area contributed by atoms with Gasteiger partial charge < -0.3 is 9.84 Å². The smallest absolute Gasteiger partial charge is 0.309 e.